The van der Waals surface area contributed by atoms with Gasteiger partial charge in [-0.05, 0) is 31.7 Å². The number of carbonyl (C=O) groups excluding carboxylic acids is 1. The summed E-state index contributed by atoms with van der Waals surface area (Å²) < 4.78 is 51.6. The van der Waals surface area contributed by atoms with E-state index in [0.29, 0.717) is 12.8 Å². The lowest BCUT2D eigenvalue weighted by molar-refractivity contribution is -0.125. The van der Waals surface area contributed by atoms with Gasteiger partial charge in [0.1, 0.15) is 12.1 Å². The third-order valence-corrected chi connectivity index (χ3v) is 5.37. The van der Waals surface area contributed by atoms with Gasteiger partial charge in [-0.2, -0.15) is 4.98 Å². The van der Waals surface area contributed by atoms with E-state index < -0.39 is 35.9 Å². The number of hydrogen-bond acceptors (Lipinski definition) is 5. The summed E-state index contributed by atoms with van der Waals surface area (Å²) >= 11 is 0. The molecule has 2 fully saturated rings. The Morgan fingerprint density at radius 1 is 1.30 bits per heavy atom. The van der Waals surface area contributed by atoms with E-state index in [0.717, 1.165) is 11.0 Å². The second kappa shape index (κ2) is 8.97. The summed E-state index contributed by atoms with van der Waals surface area (Å²) in [6.07, 6.45) is -1.20. The number of alkyl halides is 2. The molecule has 2 amide bonds. The number of nitrogens with one attached hydrogen (secondary N) is 1. The summed E-state index contributed by atoms with van der Waals surface area (Å²) in [7, 11) is 1.32. The Bertz CT molecular complexity index is 798. The van der Waals surface area contributed by atoms with Gasteiger partial charge in [-0.1, -0.05) is 0 Å². The topological polar surface area (TPSA) is 101 Å². The maximum atomic E-state index is 14.5. The van der Waals surface area contributed by atoms with Gasteiger partial charge in [0.25, 0.3) is 5.88 Å². The second-order valence-corrected chi connectivity index (χ2v) is 7.47. The zero-order valence-electron chi connectivity index (χ0n) is 16.5. The molecule has 1 saturated carbocycles. The van der Waals surface area contributed by atoms with Crippen LogP contribution in [-0.4, -0.2) is 58.7 Å². The molecule has 1 atom stereocenters. The summed E-state index contributed by atoms with van der Waals surface area (Å²) in [6.45, 7) is 0.165. The molecule has 1 unspecified atom stereocenters. The molecule has 1 saturated heterocycles. The fourth-order valence-corrected chi connectivity index (χ4v) is 3.74. The lowest BCUT2D eigenvalue weighted by Crippen LogP contribution is -2.45. The van der Waals surface area contributed by atoms with E-state index in [1.165, 1.54) is 7.11 Å². The SMILES string of the molecule is COc1nc(OC2CCC(F)(F)CC2)c(F)cc1CNC(=O)C1CCCN1C(=O)O. The minimum absolute atomic E-state index is 0.0225. The highest BCUT2D eigenvalue weighted by molar-refractivity contribution is 5.85. The molecule has 0 spiro atoms. The molecule has 0 bridgehead atoms. The molecule has 2 aliphatic rings. The smallest absolute Gasteiger partial charge is 0.407 e. The summed E-state index contributed by atoms with van der Waals surface area (Å²) in [5.41, 5.74) is 0.241. The number of aromatic nitrogens is 1. The van der Waals surface area contributed by atoms with Gasteiger partial charge in [-0.15, -0.1) is 0 Å². The summed E-state index contributed by atoms with van der Waals surface area (Å²) in [6, 6.07) is 0.306. The number of nitrogens with zero attached hydrogens (tertiary/aromatic N) is 2. The van der Waals surface area contributed by atoms with Crippen molar-refractivity contribution in [3.05, 3.63) is 17.4 Å². The van der Waals surface area contributed by atoms with Crippen molar-refractivity contribution in [3.8, 4) is 11.8 Å². The minimum Gasteiger partial charge on any atom is -0.481 e. The molecule has 1 aromatic rings. The summed E-state index contributed by atoms with van der Waals surface area (Å²) in [5, 5.41) is 11.7. The first-order valence-electron chi connectivity index (χ1n) is 9.75. The molecule has 8 nitrogen and oxygen atoms in total. The number of amides is 2. The highest BCUT2D eigenvalue weighted by atomic mass is 19.3. The maximum Gasteiger partial charge on any atom is 0.407 e. The number of carboxylic acid groups (broad SMARTS) is 1. The molecule has 1 aliphatic heterocycles. The second-order valence-electron chi connectivity index (χ2n) is 7.47. The first-order valence-corrected chi connectivity index (χ1v) is 9.75. The molecule has 2 N–H and O–H groups in total. The van der Waals surface area contributed by atoms with Crippen molar-refractivity contribution >= 4 is 12.0 Å². The highest BCUT2D eigenvalue weighted by Gasteiger charge is 2.36. The first kappa shape index (κ1) is 22.0. The number of ether oxygens (including phenoxy) is 2. The molecule has 2 heterocycles. The first-order chi connectivity index (χ1) is 14.2. The minimum atomic E-state index is -2.72. The molecule has 0 aromatic carbocycles. The van der Waals surface area contributed by atoms with E-state index in [4.69, 9.17) is 14.6 Å². The Hall–Kier alpha value is -2.72. The third kappa shape index (κ3) is 5.06. The average molecular weight is 431 g/mol. The van der Waals surface area contributed by atoms with Crippen LogP contribution in [0.5, 0.6) is 11.8 Å². The van der Waals surface area contributed by atoms with Crippen LogP contribution in [0.4, 0.5) is 18.0 Å². The van der Waals surface area contributed by atoms with Gasteiger partial charge >= 0.3 is 6.09 Å². The molecule has 3 rings (SSSR count). The van der Waals surface area contributed by atoms with Gasteiger partial charge in [-0.3, -0.25) is 9.69 Å². The van der Waals surface area contributed by atoms with Crippen LogP contribution in [0.15, 0.2) is 6.07 Å². The van der Waals surface area contributed by atoms with Gasteiger partial charge in [0, 0.05) is 31.5 Å². The standard InChI is InChI=1S/C19H24F3N3O5/c1-29-16-11(10-23-15(26)14-3-2-8-25(14)18(27)28)9-13(20)17(24-16)30-12-4-6-19(21,22)7-5-12/h9,12,14H,2-8,10H2,1H3,(H,23,26)(H,27,28). The van der Waals surface area contributed by atoms with Crippen LogP contribution in [0.2, 0.25) is 0 Å². The zero-order valence-corrected chi connectivity index (χ0v) is 16.5. The molecular weight excluding hydrogens is 407 g/mol. The van der Waals surface area contributed by atoms with Crippen LogP contribution in [0.25, 0.3) is 0 Å². The average Bonchev–Trinajstić information content (AvgIpc) is 3.19. The normalized spacial score (nSPS) is 21.3. The lowest BCUT2D eigenvalue weighted by atomic mass is 9.94. The molecule has 1 aliphatic carbocycles. The highest BCUT2D eigenvalue weighted by Crippen LogP contribution is 2.35. The third-order valence-electron chi connectivity index (χ3n) is 5.37. The molecule has 1 aromatic heterocycles. The molecule has 166 valence electrons. The Labute approximate surface area is 171 Å². The van der Waals surface area contributed by atoms with Crippen molar-refractivity contribution in [2.24, 2.45) is 0 Å². The Kier molecular flexibility index (Phi) is 6.57. The molecule has 11 heteroatoms. The fraction of sp³-hybridized carbons (Fsp3) is 0.632. The van der Waals surface area contributed by atoms with E-state index in [9.17, 15) is 22.8 Å². The van der Waals surface area contributed by atoms with Crippen molar-refractivity contribution in [3.63, 3.8) is 0 Å². The fourth-order valence-electron chi connectivity index (χ4n) is 3.74. The Balaban J connectivity index is 1.64. The molecular formula is C19H24F3N3O5. The van der Waals surface area contributed by atoms with Crippen molar-refractivity contribution in [1.82, 2.24) is 15.2 Å². The van der Waals surface area contributed by atoms with Crippen LogP contribution in [0.1, 0.15) is 44.1 Å². The van der Waals surface area contributed by atoms with Crippen molar-refractivity contribution < 1.29 is 37.3 Å². The predicted octanol–water partition coefficient (Wildman–Crippen LogP) is 2.94. The van der Waals surface area contributed by atoms with Crippen LogP contribution < -0.4 is 14.8 Å². The Morgan fingerprint density at radius 3 is 2.63 bits per heavy atom. The van der Waals surface area contributed by atoms with E-state index in [2.05, 4.69) is 10.3 Å². The predicted molar refractivity (Wildman–Crippen MR) is 98.2 cm³/mol. The number of halogens is 3. The zero-order chi connectivity index (χ0) is 21.9. The summed E-state index contributed by atoms with van der Waals surface area (Å²) in [5.74, 6) is -4.33. The number of pyridine rings is 1. The largest absolute Gasteiger partial charge is 0.481 e. The number of methoxy groups -OCH3 is 1. The number of rotatable bonds is 6. The van der Waals surface area contributed by atoms with E-state index >= 15 is 0 Å². The molecule has 30 heavy (non-hydrogen) atoms. The Morgan fingerprint density at radius 2 is 2.00 bits per heavy atom. The van der Waals surface area contributed by atoms with E-state index in [1.54, 1.807) is 0 Å². The van der Waals surface area contributed by atoms with Crippen LogP contribution >= 0.6 is 0 Å². The van der Waals surface area contributed by atoms with Crippen molar-refractivity contribution in [2.75, 3.05) is 13.7 Å². The van der Waals surface area contributed by atoms with Gasteiger partial charge in [-0.25, -0.2) is 18.0 Å². The summed E-state index contributed by atoms with van der Waals surface area (Å²) in [4.78, 5) is 28.6. The number of carbonyl (C=O) groups is 2. The van der Waals surface area contributed by atoms with E-state index in [-0.39, 0.29) is 56.1 Å². The van der Waals surface area contributed by atoms with Crippen LogP contribution in [0.3, 0.4) is 0 Å². The van der Waals surface area contributed by atoms with E-state index in [1.807, 2.05) is 0 Å². The van der Waals surface area contributed by atoms with Gasteiger partial charge in [0.05, 0.1) is 7.11 Å². The molecule has 0 radical (unpaired) electrons. The van der Waals surface area contributed by atoms with Crippen LogP contribution in [-0.2, 0) is 11.3 Å². The van der Waals surface area contributed by atoms with Crippen molar-refractivity contribution in [2.45, 2.75) is 63.1 Å². The lowest BCUT2D eigenvalue weighted by Gasteiger charge is -2.28. The van der Waals surface area contributed by atoms with Gasteiger partial charge in [0.15, 0.2) is 5.82 Å². The van der Waals surface area contributed by atoms with Crippen molar-refractivity contribution in [1.29, 1.82) is 0 Å². The number of likely N-dealkylation sites (tertiary alicyclic amines) is 1. The van der Waals surface area contributed by atoms with Gasteiger partial charge in [0.2, 0.25) is 17.7 Å². The van der Waals surface area contributed by atoms with Gasteiger partial charge < -0.3 is 19.9 Å². The number of hydrogen-bond donors (Lipinski definition) is 2. The van der Waals surface area contributed by atoms with Crippen LogP contribution in [0, 0.1) is 5.82 Å². The monoisotopic (exact) mass is 431 g/mol. The maximum absolute atomic E-state index is 14.5. The quantitative estimate of drug-likeness (QED) is 0.718.